The van der Waals surface area contributed by atoms with E-state index in [0.717, 1.165) is 24.6 Å². The van der Waals surface area contributed by atoms with Crippen LogP contribution in [-0.4, -0.2) is 23.9 Å². The van der Waals surface area contributed by atoms with Crippen molar-refractivity contribution in [3.8, 4) is 6.07 Å². The second-order valence-electron chi connectivity index (χ2n) is 5.96. The summed E-state index contributed by atoms with van der Waals surface area (Å²) in [5.41, 5.74) is -11.7. The number of hydrogen-bond donors (Lipinski definition) is 0. The Hall–Kier alpha value is -1.48. The van der Waals surface area contributed by atoms with E-state index in [9.17, 15) is 40.4 Å². The van der Waals surface area contributed by atoms with Crippen LogP contribution in [0.3, 0.4) is 0 Å². The highest BCUT2D eigenvalue weighted by Gasteiger charge is 2.87. The first-order chi connectivity index (χ1) is 13.0. The Morgan fingerprint density at radius 2 is 1.28 bits per heavy atom. The van der Waals surface area contributed by atoms with Gasteiger partial charge in [0.05, 0.1) is 17.0 Å². The van der Waals surface area contributed by atoms with Gasteiger partial charge in [0, 0.05) is 15.4 Å². The molecule has 1 unspecified atom stereocenters. The molecule has 1 aromatic rings. The van der Waals surface area contributed by atoms with E-state index in [2.05, 4.69) is 31.9 Å². The summed E-state index contributed by atoms with van der Waals surface area (Å²) in [6, 6.07) is 5.09. The van der Waals surface area contributed by atoms with Crippen molar-refractivity contribution >= 4 is 31.9 Å². The van der Waals surface area contributed by atoms with Gasteiger partial charge in [0.1, 0.15) is 0 Å². The van der Waals surface area contributed by atoms with Crippen molar-refractivity contribution < 1.29 is 39.5 Å². The number of alkyl halides is 9. The van der Waals surface area contributed by atoms with Crippen molar-refractivity contribution in [2.75, 3.05) is 0 Å². The van der Waals surface area contributed by atoms with E-state index >= 15 is 4.39 Å². The molecular formula is C17H7Br2F9N. The SMILES string of the molecule is N#Cc1ccccc1C1(C(F)(C(F)(F)F)C(F)(F)C(F)(F)F)C=C(Br)[CH]C(Br)=C1. The van der Waals surface area contributed by atoms with E-state index in [4.69, 9.17) is 0 Å². The molecule has 29 heavy (non-hydrogen) atoms. The Morgan fingerprint density at radius 3 is 1.69 bits per heavy atom. The molecule has 0 amide bonds. The molecule has 1 aliphatic rings. The Balaban J connectivity index is 3.13. The second kappa shape index (κ2) is 7.34. The topological polar surface area (TPSA) is 23.8 Å². The first kappa shape index (κ1) is 23.8. The lowest BCUT2D eigenvalue weighted by Gasteiger charge is -2.48. The van der Waals surface area contributed by atoms with Gasteiger partial charge >= 0.3 is 18.3 Å². The standard InChI is InChI=1S/C17H7Br2F9N/c18-10-5-11(19)7-13(6-10,12-4-2-1-3-9(12)8-29)14(20,16(23,24)25)15(21,22)17(26,27)28/h1-7H. The minimum atomic E-state index is -6.90. The fourth-order valence-electron chi connectivity index (χ4n) is 3.04. The van der Waals surface area contributed by atoms with Crippen LogP contribution >= 0.6 is 31.9 Å². The smallest absolute Gasteiger partial charge is 0.225 e. The highest BCUT2D eigenvalue weighted by Crippen LogP contribution is 2.63. The number of hydrogen-bond acceptors (Lipinski definition) is 1. The molecule has 0 aromatic heterocycles. The predicted octanol–water partition coefficient (Wildman–Crippen LogP) is 7.04. The maximum Gasteiger partial charge on any atom is 0.457 e. The largest absolute Gasteiger partial charge is 0.457 e. The molecule has 12 heteroatoms. The highest BCUT2D eigenvalue weighted by molar-refractivity contribution is 9.12. The number of benzene rings is 1. The Kier molecular flexibility index (Phi) is 6.02. The zero-order chi connectivity index (χ0) is 22.5. The van der Waals surface area contributed by atoms with Crippen LogP contribution < -0.4 is 0 Å². The normalized spacial score (nSPS) is 19.7. The number of nitriles is 1. The van der Waals surface area contributed by atoms with Gasteiger partial charge in [-0.25, -0.2) is 4.39 Å². The van der Waals surface area contributed by atoms with E-state index < -0.39 is 49.5 Å². The van der Waals surface area contributed by atoms with Crippen LogP contribution in [0.5, 0.6) is 0 Å². The fourth-order valence-corrected chi connectivity index (χ4v) is 4.56. The molecule has 0 N–H and O–H groups in total. The van der Waals surface area contributed by atoms with Crippen molar-refractivity contribution in [3.63, 3.8) is 0 Å². The van der Waals surface area contributed by atoms with Gasteiger partial charge in [0.25, 0.3) is 5.67 Å². The number of halogens is 11. The first-order valence-electron chi connectivity index (χ1n) is 7.36. The third-order valence-electron chi connectivity index (χ3n) is 4.25. The van der Waals surface area contributed by atoms with Gasteiger partial charge in [0.2, 0.25) is 0 Å². The van der Waals surface area contributed by atoms with E-state index in [0.29, 0.717) is 6.07 Å². The van der Waals surface area contributed by atoms with Gasteiger partial charge in [-0.2, -0.15) is 40.4 Å². The minimum Gasteiger partial charge on any atom is -0.225 e. The van der Waals surface area contributed by atoms with E-state index in [-0.39, 0.29) is 12.2 Å². The zero-order valence-corrected chi connectivity index (χ0v) is 16.8. The summed E-state index contributed by atoms with van der Waals surface area (Å²) in [7, 11) is 0. The number of allylic oxidation sites excluding steroid dienone is 4. The number of nitrogens with zero attached hydrogens (tertiary/aromatic N) is 1. The Morgan fingerprint density at radius 1 is 0.793 bits per heavy atom. The molecule has 0 bridgehead atoms. The van der Waals surface area contributed by atoms with Gasteiger partial charge < -0.3 is 0 Å². The van der Waals surface area contributed by atoms with Crippen molar-refractivity contribution in [3.05, 3.63) is 62.9 Å². The van der Waals surface area contributed by atoms with Crippen LogP contribution in [0.25, 0.3) is 0 Å². The maximum atomic E-state index is 15.6. The van der Waals surface area contributed by atoms with Crippen LogP contribution in [-0.2, 0) is 5.41 Å². The molecule has 1 atom stereocenters. The van der Waals surface area contributed by atoms with Crippen LogP contribution in [0.2, 0.25) is 0 Å². The van der Waals surface area contributed by atoms with Gasteiger partial charge in [-0.15, -0.1) is 0 Å². The Bertz CT molecular complexity index is 891. The van der Waals surface area contributed by atoms with Crippen LogP contribution in [0.4, 0.5) is 39.5 Å². The molecule has 1 radical (unpaired) electrons. The third-order valence-corrected chi connectivity index (χ3v) is 5.17. The van der Waals surface area contributed by atoms with E-state index in [1.807, 2.05) is 0 Å². The molecule has 1 nitrogen and oxygen atoms in total. The molecule has 0 spiro atoms. The maximum absolute atomic E-state index is 15.6. The van der Waals surface area contributed by atoms with Crippen molar-refractivity contribution in [2.24, 2.45) is 0 Å². The lowest BCUT2D eigenvalue weighted by molar-refractivity contribution is -0.392. The monoisotopic (exact) mass is 554 g/mol. The zero-order valence-electron chi connectivity index (χ0n) is 13.6. The van der Waals surface area contributed by atoms with Crippen molar-refractivity contribution in [2.45, 2.75) is 29.4 Å². The predicted molar refractivity (Wildman–Crippen MR) is 92.1 cm³/mol. The molecule has 2 rings (SSSR count). The summed E-state index contributed by atoms with van der Waals surface area (Å²) in [6.45, 7) is 0. The molecule has 1 aliphatic carbocycles. The molecule has 1 aromatic carbocycles. The lowest BCUT2D eigenvalue weighted by atomic mass is 9.62. The van der Waals surface area contributed by atoms with Crippen molar-refractivity contribution in [1.29, 1.82) is 5.26 Å². The third kappa shape index (κ3) is 3.50. The molecule has 0 aliphatic heterocycles. The van der Waals surface area contributed by atoms with Gasteiger partial charge in [-0.1, -0.05) is 62.2 Å². The summed E-state index contributed by atoms with van der Waals surface area (Å²) in [5, 5.41) is 9.19. The second-order valence-corrected chi connectivity index (χ2v) is 7.79. The van der Waals surface area contributed by atoms with E-state index in [1.165, 1.54) is 6.07 Å². The minimum absolute atomic E-state index is 0.237. The lowest BCUT2D eigenvalue weighted by Crippen LogP contribution is -2.71. The highest BCUT2D eigenvalue weighted by atomic mass is 79.9. The summed E-state index contributed by atoms with van der Waals surface area (Å²) < 4.78 is 124. The van der Waals surface area contributed by atoms with Crippen LogP contribution in [0.15, 0.2) is 45.4 Å². The molecule has 0 saturated heterocycles. The molecule has 0 saturated carbocycles. The summed E-state index contributed by atoms with van der Waals surface area (Å²) >= 11 is 5.43. The van der Waals surface area contributed by atoms with Gasteiger partial charge in [-0.3, -0.25) is 0 Å². The Labute approximate surface area is 175 Å². The fraction of sp³-hybridized carbons (Fsp3) is 0.294. The van der Waals surface area contributed by atoms with Gasteiger partial charge in [-0.05, 0) is 11.6 Å². The quantitative estimate of drug-likeness (QED) is 0.367. The van der Waals surface area contributed by atoms with Crippen LogP contribution in [0.1, 0.15) is 11.1 Å². The van der Waals surface area contributed by atoms with E-state index in [1.54, 1.807) is 0 Å². The van der Waals surface area contributed by atoms with Crippen molar-refractivity contribution in [1.82, 2.24) is 0 Å². The summed E-state index contributed by atoms with van der Waals surface area (Å²) in [6.07, 6.45) is -12.1. The summed E-state index contributed by atoms with van der Waals surface area (Å²) in [4.78, 5) is 0. The molecule has 0 heterocycles. The average molecular weight is 556 g/mol. The van der Waals surface area contributed by atoms with Crippen LogP contribution in [0, 0.1) is 17.8 Å². The summed E-state index contributed by atoms with van der Waals surface area (Å²) in [5.74, 6) is -6.88. The molecular weight excluding hydrogens is 549 g/mol. The van der Waals surface area contributed by atoms with Gasteiger partial charge in [0.15, 0.2) is 0 Å². The molecule has 0 fully saturated rings. The molecule has 157 valence electrons. The first-order valence-corrected chi connectivity index (χ1v) is 8.95. The number of rotatable bonds is 3. The average Bonchev–Trinajstić information content (AvgIpc) is 2.57.